The van der Waals surface area contributed by atoms with Gasteiger partial charge in [0.25, 0.3) is 0 Å². The quantitative estimate of drug-likeness (QED) is 0.907. The maximum atomic E-state index is 12.8. The number of pyridine rings is 1. The molecule has 1 aliphatic rings. The van der Waals surface area contributed by atoms with Gasteiger partial charge in [0.05, 0.1) is 5.56 Å². The van der Waals surface area contributed by atoms with Crippen molar-refractivity contribution in [2.45, 2.75) is 50.1 Å². The Hall–Kier alpha value is -1.62. The minimum absolute atomic E-state index is 0.0441. The molecule has 3 unspecified atom stereocenters. The fourth-order valence-electron chi connectivity index (χ4n) is 2.76. The minimum Gasteiger partial charge on any atom is -0.366 e. The SMILES string of the molecule is CCS(=O)C1CCCC(Nc2nc(C(F)(F)F)ccc2C#N)C1. The van der Waals surface area contributed by atoms with Crippen LogP contribution in [0.25, 0.3) is 0 Å². The van der Waals surface area contributed by atoms with Crippen LogP contribution in [0.5, 0.6) is 0 Å². The topological polar surface area (TPSA) is 65.8 Å². The lowest BCUT2D eigenvalue weighted by molar-refractivity contribution is -0.141. The van der Waals surface area contributed by atoms with E-state index in [4.69, 9.17) is 5.26 Å². The lowest BCUT2D eigenvalue weighted by atomic mass is 9.95. The van der Waals surface area contributed by atoms with Gasteiger partial charge in [0.15, 0.2) is 0 Å². The van der Waals surface area contributed by atoms with Crippen LogP contribution in [0.3, 0.4) is 0 Å². The van der Waals surface area contributed by atoms with Crippen molar-refractivity contribution in [2.24, 2.45) is 0 Å². The molecule has 1 aromatic heterocycles. The molecule has 3 atom stereocenters. The number of anilines is 1. The summed E-state index contributed by atoms with van der Waals surface area (Å²) in [6, 6.07) is 3.67. The Morgan fingerprint density at radius 1 is 1.43 bits per heavy atom. The number of hydrogen-bond acceptors (Lipinski definition) is 4. The van der Waals surface area contributed by atoms with Crippen molar-refractivity contribution in [3.05, 3.63) is 23.4 Å². The molecule has 0 amide bonds. The van der Waals surface area contributed by atoms with Gasteiger partial charge in [-0.1, -0.05) is 13.3 Å². The van der Waals surface area contributed by atoms with Crippen LogP contribution in [-0.2, 0) is 17.0 Å². The maximum absolute atomic E-state index is 12.8. The molecule has 8 heteroatoms. The summed E-state index contributed by atoms with van der Waals surface area (Å²) < 4.78 is 50.3. The van der Waals surface area contributed by atoms with E-state index in [2.05, 4.69) is 10.3 Å². The summed E-state index contributed by atoms with van der Waals surface area (Å²) in [6.07, 6.45) is -1.46. The van der Waals surface area contributed by atoms with E-state index in [9.17, 15) is 17.4 Å². The third kappa shape index (κ3) is 4.44. The lowest BCUT2D eigenvalue weighted by Crippen LogP contribution is -2.33. The first kappa shape index (κ1) is 17.7. The molecule has 1 heterocycles. The predicted molar refractivity (Wildman–Crippen MR) is 82.3 cm³/mol. The Morgan fingerprint density at radius 2 is 2.17 bits per heavy atom. The second-order valence-corrected chi connectivity index (χ2v) is 7.51. The van der Waals surface area contributed by atoms with Crippen LogP contribution in [0.1, 0.15) is 43.9 Å². The van der Waals surface area contributed by atoms with Crippen LogP contribution < -0.4 is 5.32 Å². The molecule has 0 spiro atoms. The number of alkyl halides is 3. The molecule has 1 N–H and O–H groups in total. The van der Waals surface area contributed by atoms with Crippen LogP contribution >= 0.6 is 0 Å². The first-order valence-corrected chi connectivity index (χ1v) is 8.85. The van der Waals surface area contributed by atoms with Crippen molar-refractivity contribution in [1.82, 2.24) is 4.98 Å². The third-order valence-electron chi connectivity index (χ3n) is 3.93. The molecule has 0 aromatic carbocycles. The van der Waals surface area contributed by atoms with Gasteiger partial charge in [0, 0.05) is 27.8 Å². The third-order valence-corrected chi connectivity index (χ3v) is 5.67. The smallest absolute Gasteiger partial charge is 0.366 e. The van der Waals surface area contributed by atoms with E-state index in [0.29, 0.717) is 12.2 Å². The largest absolute Gasteiger partial charge is 0.433 e. The van der Waals surface area contributed by atoms with Crippen LogP contribution in [0, 0.1) is 11.3 Å². The molecular weight excluding hydrogens is 327 g/mol. The summed E-state index contributed by atoms with van der Waals surface area (Å²) in [5, 5.41) is 12.1. The second kappa shape index (κ2) is 7.30. The van der Waals surface area contributed by atoms with Crippen molar-refractivity contribution in [3.8, 4) is 6.07 Å². The summed E-state index contributed by atoms with van der Waals surface area (Å²) >= 11 is 0. The molecule has 0 radical (unpaired) electrons. The normalized spacial score (nSPS) is 23.1. The van der Waals surface area contributed by atoms with Gasteiger partial charge in [-0.15, -0.1) is 0 Å². The van der Waals surface area contributed by atoms with Gasteiger partial charge in [0.1, 0.15) is 17.6 Å². The molecule has 1 aliphatic carbocycles. The van der Waals surface area contributed by atoms with Crippen LogP contribution in [0.2, 0.25) is 0 Å². The summed E-state index contributed by atoms with van der Waals surface area (Å²) in [4.78, 5) is 3.56. The van der Waals surface area contributed by atoms with Gasteiger partial charge in [-0.3, -0.25) is 4.21 Å². The zero-order chi connectivity index (χ0) is 17.0. The van der Waals surface area contributed by atoms with E-state index in [1.54, 1.807) is 0 Å². The number of halogens is 3. The van der Waals surface area contributed by atoms with Gasteiger partial charge < -0.3 is 5.32 Å². The van der Waals surface area contributed by atoms with Crippen LogP contribution in [0.15, 0.2) is 12.1 Å². The van der Waals surface area contributed by atoms with Gasteiger partial charge in [0.2, 0.25) is 0 Å². The predicted octanol–water partition coefficient (Wildman–Crippen LogP) is 3.46. The van der Waals surface area contributed by atoms with Crippen LogP contribution in [-0.4, -0.2) is 26.2 Å². The molecule has 1 aromatic rings. The molecule has 1 saturated carbocycles. The minimum atomic E-state index is -4.55. The molecule has 126 valence electrons. The first-order valence-electron chi connectivity index (χ1n) is 7.47. The Kier molecular flexibility index (Phi) is 5.63. The Balaban J connectivity index is 2.18. The number of nitrogens with one attached hydrogen (secondary N) is 1. The summed E-state index contributed by atoms with van der Waals surface area (Å²) in [5.41, 5.74) is -0.944. The Labute approximate surface area is 135 Å². The summed E-state index contributed by atoms with van der Waals surface area (Å²) in [5.74, 6) is 0.526. The number of rotatable bonds is 4. The second-order valence-electron chi connectivity index (χ2n) is 5.50. The molecule has 23 heavy (non-hydrogen) atoms. The van der Waals surface area contributed by atoms with E-state index >= 15 is 0 Å². The monoisotopic (exact) mass is 345 g/mol. The summed E-state index contributed by atoms with van der Waals surface area (Å²) in [7, 11) is -0.923. The molecule has 4 nitrogen and oxygen atoms in total. The Morgan fingerprint density at radius 3 is 2.78 bits per heavy atom. The average molecular weight is 345 g/mol. The van der Waals surface area contributed by atoms with E-state index in [0.717, 1.165) is 31.4 Å². The van der Waals surface area contributed by atoms with Gasteiger partial charge >= 0.3 is 6.18 Å². The zero-order valence-corrected chi connectivity index (χ0v) is 13.5. The highest BCUT2D eigenvalue weighted by atomic mass is 32.2. The van der Waals surface area contributed by atoms with E-state index in [-0.39, 0.29) is 22.7 Å². The summed E-state index contributed by atoms with van der Waals surface area (Å²) in [6.45, 7) is 1.86. The number of nitriles is 1. The molecule has 0 bridgehead atoms. The highest BCUT2D eigenvalue weighted by molar-refractivity contribution is 7.85. The van der Waals surface area contributed by atoms with Crippen molar-refractivity contribution < 1.29 is 17.4 Å². The maximum Gasteiger partial charge on any atom is 0.433 e. The number of hydrogen-bond donors (Lipinski definition) is 1. The average Bonchev–Trinajstić information content (AvgIpc) is 2.53. The van der Waals surface area contributed by atoms with Crippen LogP contribution in [0.4, 0.5) is 19.0 Å². The van der Waals surface area contributed by atoms with Crippen molar-refractivity contribution in [3.63, 3.8) is 0 Å². The van der Waals surface area contributed by atoms with E-state index < -0.39 is 22.7 Å². The van der Waals surface area contributed by atoms with Crippen molar-refractivity contribution >= 4 is 16.6 Å². The Bertz CT molecular complexity index is 627. The number of nitrogens with zero attached hydrogens (tertiary/aromatic N) is 2. The van der Waals surface area contributed by atoms with E-state index in [1.165, 1.54) is 0 Å². The van der Waals surface area contributed by atoms with Gasteiger partial charge in [-0.05, 0) is 31.4 Å². The van der Waals surface area contributed by atoms with Gasteiger partial charge in [-0.25, -0.2) is 4.98 Å². The van der Waals surface area contributed by atoms with Crippen molar-refractivity contribution in [1.29, 1.82) is 5.26 Å². The lowest BCUT2D eigenvalue weighted by Gasteiger charge is -2.29. The standard InChI is InChI=1S/C15H18F3N3OS/c1-2-23(22)12-5-3-4-11(8-12)20-14-10(9-19)6-7-13(21-14)15(16,17)18/h6-7,11-12H,2-5,8H2,1H3,(H,20,21). The highest BCUT2D eigenvalue weighted by Crippen LogP contribution is 2.31. The van der Waals surface area contributed by atoms with Gasteiger partial charge in [-0.2, -0.15) is 18.4 Å². The highest BCUT2D eigenvalue weighted by Gasteiger charge is 2.33. The first-order chi connectivity index (χ1) is 10.8. The molecule has 2 rings (SSSR count). The molecule has 0 aliphatic heterocycles. The molecular formula is C15H18F3N3OS. The zero-order valence-electron chi connectivity index (χ0n) is 12.7. The molecule has 0 saturated heterocycles. The van der Waals surface area contributed by atoms with E-state index in [1.807, 2.05) is 13.0 Å². The fraction of sp³-hybridized carbons (Fsp3) is 0.600. The molecule has 1 fully saturated rings. The van der Waals surface area contributed by atoms with Crippen molar-refractivity contribution in [2.75, 3.05) is 11.1 Å². The fourth-order valence-corrected chi connectivity index (χ4v) is 4.11. The number of aromatic nitrogens is 1.